The third-order valence-electron chi connectivity index (χ3n) is 4.80. The molecule has 1 heterocycles. The zero-order valence-corrected chi connectivity index (χ0v) is 16.3. The van der Waals surface area contributed by atoms with Crippen LogP contribution in [0.3, 0.4) is 0 Å². The van der Waals surface area contributed by atoms with Gasteiger partial charge in [0.2, 0.25) is 0 Å². The molecule has 3 rings (SSSR count). The van der Waals surface area contributed by atoms with Crippen molar-refractivity contribution in [1.29, 1.82) is 0 Å². The van der Waals surface area contributed by atoms with Crippen LogP contribution in [0.25, 0.3) is 0 Å². The third kappa shape index (κ3) is 4.42. The molecule has 1 saturated heterocycles. The standard InChI is InChI=1S/C20H24N2O4S/c1-15-6-3-4-13-22(15)20(23)16-9-11-17(12-10-16)21-27(24,25)19-8-5-7-18(14-19)26-2/h5,7-12,14-15,21H,3-4,6,13H2,1-2H3. The van der Waals surface area contributed by atoms with Gasteiger partial charge in [-0.1, -0.05) is 6.07 Å². The minimum absolute atomic E-state index is 0.00981. The number of benzene rings is 2. The average Bonchev–Trinajstić information content (AvgIpc) is 2.68. The number of ether oxygens (including phenoxy) is 1. The van der Waals surface area contributed by atoms with Gasteiger partial charge in [0, 0.05) is 29.9 Å². The Morgan fingerprint density at radius 3 is 2.56 bits per heavy atom. The topological polar surface area (TPSA) is 75.7 Å². The van der Waals surface area contributed by atoms with Crippen molar-refractivity contribution < 1.29 is 17.9 Å². The van der Waals surface area contributed by atoms with E-state index >= 15 is 0 Å². The van der Waals surface area contributed by atoms with E-state index in [0.29, 0.717) is 17.0 Å². The molecule has 0 radical (unpaired) electrons. The maximum absolute atomic E-state index is 12.7. The molecule has 1 unspecified atom stereocenters. The van der Waals surface area contributed by atoms with Gasteiger partial charge in [-0.15, -0.1) is 0 Å². The Kier molecular flexibility index (Phi) is 5.70. The predicted molar refractivity (Wildman–Crippen MR) is 105 cm³/mol. The lowest BCUT2D eigenvalue weighted by atomic mass is 10.0. The number of nitrogens with one attached hydrogen (secondary N) is 1. The van der Waals surface area contributed by atoms with E-state index in [1.54, 1.807) is 36.4 Å². The summed E-state index contributed by atoms with van der Waals surface area (Å²) in [4.78, 5) is 14.7. The summed E-state index contributed by atoms with van der Waals surface area (Å²) in [6.07, 6.45) is 3.19. The fourth-order valence-electron chi connectivity index (χ4n) is 3.23. The van der Waals surface area contributed by atoms with Crippen LogP contribution in [-0.4, -0.2) is 38.9 Å². The second-order valence-corrected chi connectivity index (χ2v) is 8.39. The Hall–Kier alpha value is -2.54. The third-order valence-corrected chi connectivity index (χ3v) is 6.18. The summed E-state index contributed by atoms with van der Waals surface area (Å²) in [5.41, 5.74) is 0.967. The van der Waals surface area contributed by atoms with E-state index in [0.717, 1.165) is 25.8 Å². The highest BCUT2D eigenvalue weighted by molar-refractivity contribution is 7.92. The van der Waals surface area contributed by atoms with Crippen LogP contribution in [0.15, 0.2) is 53.4 Å². The van der Waals surface area contributed by atoms with E-state index in [2.05, 4.69) is 11.6 Å². The van der Waals surface area contributed by atoms with Crippen LogP contribution in [0, 0.1) is 0 Å². The second kappa shape index (κ2) is 8.00. The molecule has 1 N–H and O–H groups in total. The maximum atomic E-state index is 12.7. The number of likely N-dealkylation sites (tertiary alicyclic amines) is 1. The van der Waals surface area contributed by atoms with Crippen LogP contribution in [0.5, 0.6) is 5.75 Å². The highest BCUT2D eigenvalue weighted by Gasteiger charge is 2.24. The van der Waals surface area contributed by atoms with Crippen molar-refractivity contribution in [3.8, 4) is 5.75 Å². The average molecular weight is 388 g/mol. The molecule has 1 fully saturated rings. The molecule has 0 aromatic heterocycles. The molecule has 27 heavy (non-hydrogen) atoms. The highest BCUT2D eigenvalue weighted by Crippen LogP contribution is 2.22. The Labute approximate surface area is 160 Å². The summed E-state index contributed by atoms with van der Waals surface area (Å²) in [5.74, 6) is 0.457. The molecule has 2 aromatic rings. The number of sulfonamides is 1. The normalized spacial score (nSPS) is 17.4. The molecule has 2 aromatic carbocycles. The van der Waals surface area contributed by atoms with Crippen LogP contribution < -0.4 is 9.46 Å². The Morgan fingerprint density at radius 1 is 1.15 bits per heavy atom. The summed E-state index contributed by atoms with van der Waals surface area (Å²) in [7, 11) is -2.25. The van der Waals surface area contributed by atoms with Crippen molar-refractivity contribution in [2.24, 2.45) is 0 Å². The van der Waals surface area contributed by atoms with Gasteiger partial charge in [0.15, 0.2) is 0 Å². The van der Waals surface area contributed by atoms with Crippen molar-refractivity contribution in [3.63, 3.8) is 0 Å². The van der Waals surface area contributed by atoms with Crippen molar-refractivity contribution in [3.05, 3.63) is 54.1 Å². The second-order valence-electron chi connectivity index (χ2n) is 6.71. The van der Waals surface area contributed by atoms with Crippen LogP contribution in [0.2, 0.25) is 0 Å². The first-order chi connectivity index (χ1) is 12.9. The first-order valence-corrected chi connectivity index (χ1v) is 10.5. The van der Waals surface area contributed by atoms with Crippen molar-refractivity contribution in [2.75, 3.05) is 18.4 Å². The number of amides is 1. The lowest BCUT2D eigenvalue weighted by Gasteiger charge is -2.33. The van der Waals surface area contributed by atoms with Gasteiger partial charge in [0.05, 0.1) is 12.0 Å². The molecule has 0 aliphatic carbocycles. The Bertz CT molecular complexity index is 910. The molecule has 1 amide bonds. The fraction of sp³-hybridized carbons (Fsp3) is 0.350. The molecular weight excluding hydrogens is 364 g/mol. The molecule has 1 aliphatic heterocycles. The maximum Gasteiger partial charge on any atom is 0.262 e. The number of carbonyl (C=O) groups excluding carboxylic acids is 1. The summed E-state index contributed by atoms with van der Waals surface area (Å²) in [6.45, 7) is 2.83. The van der Waals surface area contributed by atoms with Gasteiger partial charge in [-0.25, -0.2) is 8.42 Å². The van der Waals surface area contributed by atoms with E-state index in [9.17, 15) is 13.2 Å². The van der Waals surface area contributed by atoms with Gasteiger partial charge in [0.25, 0.3) is 15.9 Å². The fourth-order valence-corrected chi connectivity index (χ4v) is 4.32. The highest BCUT2D eigenvalue weighted by atomic mass is 32.2. The molecule has 0 saturated carbocycles. The number of carbonyl (C=O) groups is 1. The molecule has 7 heteroatoms. The number of piperidine rings is 1. The first-order valence-electron chi connectivity index (χ1n) is 8.98. The van der Waals surface area contributed by atoms with E-state index in [4.69, 9.17) is 4.74 Å². The predicted octanol–water partition coefficient (Wildman–Crippen LogP) is 3.51. The molecule has 0 spiro atoms. The van der Waals surface area contributed by atoms with Crippen LogP contribution >= 0.6 is 0 Å². The number of nitrogens with zero attached hydrogens (tertiary/aromatic N) is 1. The van der Waals surface area contributed by atoms with Crippen LogP contribution in [-0.2, 0) is 10.0 Å². The van der Waals surface area contributed by atoms with Gasteiger partial charge >= 0.3 is 0 Å². The van der Waals surface area contributed by atoms with Gasteiger partial charge in [-0.05, 0) is 62.6 Å². The summed E-state index contributed by atoms with van der Waals surface area (Å²) < 4.78 is 32.7. The zero-order chi connectivity index (χ0) is 19.4. The van der Waals surface area contributed by atoms with Crippen molar-refractivity contribution in [2.45, 2.75) is 37.1 Å². The Balaban J connectivity index is 1.74. The number of hydrogen-bond donors (Lipinski definition) is 1. The minimum atomic E-state index is -3.73. The molecular formula is C20H24N2O4S. The number of anilines is 1. The lowest BCUT2D eigenvalue weighted by molar-refractivity contribution is 0.0635. The Morgan fingerprint density at radius 2 is 1.89 bits per heavy atom. The van der Waals surface area contributed by atoms with Crippen molar-refractivity contribution in [1.82, 2.24) is 4.90 Å². The summed E-state index contributed by atoms with van der Waals surface area (Å²) in [5, 5.41) is 0. The van der Waals surface area contributed by atoms with Gasteiger partial charge in [-0.2, -0.15) is 0 Å². The molecule has 1 atom stereocenters. The molecule has 0 bridgehead atoms. The smallest absolute Gasteiger partial charge is 0.262 e. The van der Waals surface area contributed by atoms with Crippen LogP contribution in [0.4, 0.5) is 5.69 Å². The quantitative estimate of drug-likeness (QED) is 0.850. The largest absolute Gasteiger partial charge is 0.497 e. The number of hydrogen-bond acceptors (Lipinski definition) is 4. The molecule has 1 aliphatic rings. The minimum Gasteiger partial charge on any atom is -0.497 e. The summed E-state index contributed by atoms with van der Waals surface area (Å²) in [6, 6.07) is 13.0. The zero-order valence-electron chi connectivity index (χ0n) is 15.5. The van der Waals surface area contributed by atoms with E-state index in [1.807, 2.05) is 4.90 Å². The monoisotopic (exact) mass is 388 g/mol. The van der Waals surface area contributed by atoms with Crippen molar-refractivity contribution >= 4 is 21.6 Å². The number of methoxy groups -OCH3 is 1. The van der Waals surface area contributed by atoms with Gasteiger partial charge < -0.3 is 9.64 Å². The van der Waals surface area contributed by atoms with E-state index in [1.165, 1.54) is 19.2 Å². The molecule has 144 valence electrons. The van der Waals surface area contributed by atoms with Gasteiger partial charge in [-0.3, -0.25) is 9.52 Å². The van der Waals surface area contributed by atoms with E-state index < -0.39 is 10.0 Å². The molecule has 6 nitrogen and oxygen atoms in total. The lowest BCUT2D eigenvalue weighted by Crippen LogP contribution is -2.42. The van der Waals surface area contributed by atoms with E-state index in [-0.39, 0.29) is 16.8 Å². The first kappa shape index (κ1) is 19.2. The summed E-state index contributed by atoms with van der Waals surface area (Å²) >= 11 is 0. The van der Waals surface area contributed by atoms with Gasteiger partial charge in [0.1, 0.15) is 5.75 Å². The number of rotatable bonds is 5. The van der Waals surface area contributed by atoms with Crippen LogP contribution in [0.1, 0.15) is 36.5 Å². The SMILES string of the molecule is COc1cccc(S(=O)(=O)Nc2ccc(C(=O)N3CCCCC3C)cc2)c1.